The van der Waals surface area contributed by atoms with E-state index in [1.54, 1.807) is 54.6 Å². The van der Waals surface area contributed by atoms with Crippen molar-refractivity contribution in [1.82, 2.24) is 5.32 Å². The predicted molar refractivity (Wildman–Crippen MR) is 123 cm³/mol. The molecule has 2 atom stereocenters. The summed E-state index contributed by atoms with van der Waals surface area (Å²) in [4.78, 5) is 25.4. The topological polar surface area (TPSA) is 72.5 Å². The van der Waals surface area contributed by atoms with Crippen molar-refractivity contribution in [3.05, 3.63) is 88.9 Å². The number of hydrogen-bond donors (Lipinski definition) is 1. The number of carbonyl (C=O) groups is 2. The van der Waals surface area contributed by atoms with Crippen LogP contribution in [0.5, 0.6) is 11.5 Å². The van der Waals surface area contributed by atoms with Crippen LogP contribution in [0.3, 0.4) is 0 Å². The van der Waals surface area contributed by atoms with Gasteiger partial charge >= 0.3 is 0 Å². The summed E-state index contributed by atoms with van der Waals surface area (Å²) in [5.74, 6) is 0.569. The lowest BCUT2D eigenvalue weighted by Gasteiger charge is -2.24. The van der Waals surface area contributed by atoms with Crippen LogP contribution in [0.2, 0.25) is 5.02 Å². The zero-order valence-corrected chi connectivity index (χ0v) is 18.9. The van der Waals surface area contributed by atoms with E-state index >= 15 is 0 Å². The molecule has 0 aromatic heterocycles. The van der Waals surface area contributed by atoms with Crippen LogP contribution in [0.1, 0.15) is 11.1 Å². The molecule has 1 aliphatic heterocycles. The maximum Gasteiger partial charge on any atom is 0.287 e. The number of imide groups is 1. The van der Waals surface area contributed by atoms with Crippen LogP contribution >= 0.6 is 23.4 Å². The lowest BCUT2D eigenvalue weighted by molar-refractivity contribution is -0.119. The van der Waals surface area contributed by atoms with Gasteiger partial charge in [0, 0.05) is 16.3 Å². The summed E-state index contributed by atoms with van der Waals surface area (Å²) in [5.41, 5.74) is 1.73. The van der Waals surface area contributed by atoms with Gasteiger partial charge < -0.3 is 4.74 Å². The Balaban J connectivity index is 1.65. The molecule has 0 saturated carbocycles. The van der Waals surface area contributed by atoms with Crippen molar-refractivity contribution in [3.63, 3.8) is 0 Å². The largest absolute Gasteiger partial charge is 0.457 e. The van der Waals surface area contributed by atoms with Crippen molar-refractivity contribution in [1.29, 1.82) is 0 Å². The smallest absolute Gasteiger partial charge is 0.287 e. The van der Waals surface area contributed by atoms with Crippen molar-refractivity contribution in [2.45, 2.75) is 22.3 Å². The number of ether oxygens (including phenoxy) is 1. The molecule has 2 unspecified atom stereocenters. The second-order valence-electron chi connectivity index (χ2n) is 7.06. The highest BCUT2D eigenvalue weighted by Crippen LogP contribution is 2.41. The van der Waals surface area contributed by atoms with E-state index in [2.05, 4.69) is 5.32 Å². The van der Waals surface area contributed by atoms with E-state index < -0.39 is 26.0 Å². The summed E-state index contributed by atoms with van der Waals surface area (Å²) in [7, 11) is -1.75. The van der Waals surface area contributed by atoms with E-state index in [0.717, 1.165) is 22.9 Å². The van der Waals surface area contributed by atoms with E-state index in [9.17, 15) is 13.8 Å². The summed E-state index contributed by atoms with van der Waals surface area (Å²) in [6.45, 7) is 1.93. The normalized spacial score (nSPS) is 19.2. The number of amides is 2. The van der Waals surface area contributed by atoms with Gasteiger partial charge in [-0.15, -0.1) is 0 Å². The Bertz CT molecular complexity index is 1180. The first-order valence-electron chi connectivity index (χ1n) is 9.41. The van der Waals surface area contributed by atoms with Gasteiger partial charge in [0.2, 0.25) is 0 Å². The minimum Gasteiger partial charge on any atom is -0.457 e. The highest BCUT2D eigenvalue weighted by Gasteiger charge is 2.53. The zero-order chi connectivity index (χ0) is 22.0. The average Bonchev–Trinajstić information content (AvgIpc) is 3.02. The zero-order valence-electron chi connectivity index (χ0n) is 16.5. The monoisotopic (exact) mass is 471 g/mol. The van der Waals surface area contributed by atoms with Crippen molar-refractivity contribution in [2.24, 2.45) is 0 Å². The first-order chi connectivity index (χ1) is 14.9. The Kier molecular flexibility index (Phi) is 6.18. The summed E-state index contributed by atoms with van der Waals surface area (Å²) in [6.07, 6.45) is 0.0997. The lowest BCUT2D eigenvalue weighted by Crippen LogP contribution is -2.42. The fourth-order valence-electron chi connectivity index (χ4n) is 3.22. The fourth-order valence-corrected chi connectivity index (χ4v) is 6.33. The summed E-state index contributed by atoms with van der Waals surface area (Å²) in [5, 5.41) is 2.35. The van der Waals surface area contributed by atoms with Gasteiger partial charge in [0.15, 0.2) is 4.08 Å². The minimum absolute atomic E-state index is 0.0997. The van der Waals surface area contributed by atoms with E-state index in [-0.39, 0.29) is 6.42 Å². The third kappa shape index (κ3) is 4.69. The molecule has 158 valence electrons. The molecule has 8 heteroatoms. The molecule has 1 heterocycles. The molecule has 5 nitrogen and oxygen atoms in total. The second-order valence-corrected chi connectivity index (χ2v) is 10.7. The van der Waals surface area contributed by atoms with Gasteiger partial charge in [-0.3, -0.25) is 19.1 Å². The standard InChI is InChI=1S/C23H18ClNO4S2/c1-15-8-10-20(11-9-15)31(28)23(21(26)25-22(27)30-23)14-16-4-2-6-18(12-16)29-19-7-3-5-17(24)13-19/h2-13H,14H2,1H3,(H,25,26,27). The summed E-state index contributed by atoms with van der Waals surface area (Å²) < 4.78 is 17.9. The number of rotatable bonds is 6. The van der Waals surface area contributed by atoms with Crippen molar-refractivity contribution < 1.29 is 18.5 Å². The first kappa shape index (κ1) is 21.6. The van der Waals surface area contributed by atoms with Crippen LogP contribution in [0.25, 0.3) is 0 Å². The molecular formula is C23H18ClNO4S2. The van der Waals surface area contributed by atoms with Crippen LogP contribution in [-0.4, -0.2) is 19.4 Å². The van der Waals surface area contributed by atoms with Gasteiger partial charge in [0.1, 0.15) is 11.5 Å². The van der Waals surface area contributed by atoms with E-state index in [1.807, 2.05) is 25.1 Å². The highest BCUT2D eigenvalue weighted by atomic mass is 35.5. The lowest BCUT2D eigenvalue weighted by atomic mass is 10.1. The van der Waals surface area contributed by atoms with E-state index in [4.69, 9.17) is 16.3 Å². The molecule has 1 saturated heterocycles. The Hall–Kier alpha value is -2.61. The van der Waals surface area contributed by atoms with E-state index in [1.165, 1.54) is 0 Å². The van der Waals surface area contributed by atoms with Crippen molar-refractivity contribution >= 4 is 45.3 Å². The molecule has 3 aromatic rings. The number of nitrogens with one attached hydrogen (secondary N) is 1. The molecule has 1 fully saturated rings. The van der Waals surface area contributed by atoms with Crippen LogP contribution in [0, 0.1) is 6.92 Å². The molecule has 1 aliphatic rings. The number of halogens is 1. The summed E-state index contributed by atoms with van der Waals surface area (Å²) in [6, 6.07) is 21.3. The van der Waals surface area contributed by atoms with Crippen LogP contribution < -0.4 is 10.1 Å². The second kappa shape index (κ2) is 8.86. The maximum atomic E-state index is 13.5. The number of aryl methyl sites for hydroxylation is 1. The molecule has 0 radical (unpaired) electrons. The van der Waals surface area contributed by atoms with Crippen LogP contribution in [0.4, 0.5) is 4.79 Å². The molecule has 31 heavy (non-hydrogen) atoms. The summed E-state index contributed by atoms with van der Waals surface area (Å²) >= 11 is 6.79. The third-order valence-electron chi connectivity index (χ3n) is 4.72. The SMILES string of the molecule is Cc1ccc(S(=O)C2(Cc3cccc(Oc4cccc(Cl)c4)c3)SC(=O)NC2=O)cc1. The predicted octanol–water partition coefficient (Wildman–Crippen LogP) is 5.47. The molecule has 0 bridgehead atoms. The van der Waals surface area contributed by atoms with Crippen molar-refractivity contribution in [2.75, 3.05) is 0 Å². The van der Waals surface area contributed by atoms with Crippen LogP contribution in [0.15, 0.2) is 77.7 Å². The quantitative estimate of drug-likeness (QED) is 0.516. The Morgan fingerprint density at radius 2 is 1.68 bits per heavy atom. The molecule has 3 aromatic carbocycles. The average molecular weight is 472 g/mol. The van der Waals surface area contributed by atoms with Gasteiger partial charge in [-0.25, -0.2) is 0 Å². The Morgan fingerprint density at radius 3 is 2.32 bits per heavy atom. The number of hydrogen-bond acceptors (Lipinski definition) is 5. The molecule has 2 amide bonds. The molecule has 0 aliphatic carbocycles. The van der Waals surface area contributed by atoms with Gasteiger partial charge in [0.05, 0.1) is 10.8 Å². The van der Waals surface area contributed by atoms with Gasteiger partial charge in [-0.1, -0.05) is 47.5 Å². The molecule has 1 N–H and O–H groups in total. The minimum atomic E-state index is -1.75. The Labute approximate surface area is 191 Å². The van der Waals surface area contributed by atoms with Gasteiger partial charge in [-0.2, -0.15) is 0 Å². The Morgan fingerprint density at radius 1 is 1.00 bits per heavy atom. The number of carbonyl (C=O) groups excluding carboxylic acids is 2. The van der Waals surface area contributed by atoms with Crippen molar-refractivity contribution in [3.8, 4) is 11.5 Å². The number of benzene rings is 3. The van der Waals surface area contributed by atoms with Gasteiger partial charge in [-0.05, 0) is 66.7 Å². The molecule has 4 rings (SSSR count). The van der Waals surface area contributed by atoms with E-state index in [0.29, 0.717) is 21.4 Å². The fraction of sp³-hybridized carbons (Fsp3) is 0.130. The third-order valence-corrected chi connectivity index (χ3v) is 8.24. The van der Waals surface area contributed by atoms with Crippen LogP contribution in [-0.2, 0) is 22.0 Å². The molecule has 0 spiro atoms. The van der Waals surface area contributed by atoms with Gasteiger partial charge in [0.25, 0.3) is 11.1 Å². The highest BCUT2D eigenvalue weighted by molar-refractivity contribution is 8.24. The maximum absolute atomic E-state index is 13.5. The number of thioether (sulfide) groups is 1. The molecular weight excluding hydrogens is 454 g/mol. The first-order valence-corrected chi connectivity index (χ1v) is 11.8.